The highest BCUT2D eigenvalue weighted by molar-refractivity contribution is 5.99. The number of nitrogens with zero attached hydrogens (tertiary/aromatic N) is 1. The first-order valence-corrected chi connectivity index (χ1v) is 8.64. The summed E-state index contributed by atoms with van der Waals surface area (Å²) in [6.45, 7) is 5.12. The number of aryl methyl sites for hydroxylation is 2. The van der Waals surface area contributed by atoms with Crippen molar-refractivity contribution in [3.05, 3.63) is 71.0 Å². The lowest BCUT2D eigenvalue weighted by Gasteiger charge is -2.15. The monoisotopic (exact) mass is 334 g/mol. The molecule has 0 aliphatic carbocycles. The highest BCUT2D eigenvalue weighted by Crippen LogP contribution is 2.31. The second-order valence-electron chi connectivity index (χ2n) is 6.90. The summed E-state index contributed by atoms with van der Waals surface area (Å²) in [7, 11) is 0. The SMILES string of the molecule is Cc1c(C(=O)N2C[C@@H](N)[C@H](c3ccccc3)C2)oc2c(C)cccc12. The van der Waals surface area contributed by atoms with E-state index in [0.29, 0.717) is 18.8 Å². The molecule has 1 aliphatic rings. The molecule has 1 fully saturated rings. The van der Waals surface area contributed by atoms with E-state index in [9.17, 15) is 4.79 Å². The first-order valence-electron chi connectivity index (χ1n) is 8.64. The van der Waals surface area contributed by atoms with Crippen LogP contribution in [0.2, 0.25) is 0 Å². The van der Waals surface area contributed by atoms with Crippen molar-refractivity contribution in [2.24, 2.45) is 5.73 Å². The standard InChI is InChI=1S/C21H22N2O2/c1-13-7-6-10-16-14(2)20(25-19(13)16)21(24)23-11-17(18(22)12-23)15-8-4-3-5-9-15/h3-10,17-18H,11-12,22H2,1-2H3/t17-,18+/m0/s1. The predicted octanol–water partition coefficient (Wildman–Crippen LogP) is 3.62. The number of hydrogen-bond acceptors (Lipinski definition) is 3. The number of benzene rings is 2. The summed E-state index contributed by atoms with van der Waals surface area (Å²) < 4.78 is 5.95. The van der Waals surface area contributed by atoms with Gasteiger partial charge in [-0.25, -0.2) is 0 Å². The van der Waals surface area contributed by atoms with Crippen molar-refractivity contribution in [1.29, 1.82) is 0 Å². The van der Waals surface area contributed by atoms with Crippen molar-refractivity contribution in [2.45, 2.75) is 25.8 Å². The summed E-state index contributed by atoms with van der Waals surface area (Å²) in [6, 6.07) is 16.1. The molecule has 2 aromatic carbocycles. The summed E-state index contributed by atoms with van der Waals surface area (Å²) in [5.74, 6) is 0.531. The van der Waals surface area contributed by atoms with E-state index in [4.69, 9.17) is 10.2 Å². The molecular formula is C21H22N2O2. The second kappa shape index (κ2) is 6.05. The number of nitrogens with two attached hydrogens (primary N) is 1. The quantitative estimate of drug-likeness (QED) is 0.779. The Kier molecular flexibility index (Phi) is 3.85. The van der Waals surface area contributed by atoms with Crippen LogP contribution in [0.25, 0.3) is 11.0 Å². The molecule has 1 saturated heterocycles. The minimum Gasteiger partial charge on any atom is -0.450 e. The molecule has 3 aromatic rings. The number of carbonyl (C=O) groups excluding carboxylic acids is 1. The maximum atomic E-state index is 13.0. The van der Waals surface area contributed by atoms with Crippen molar-refractivity contribution in [2.75, 3.05) is 13.1 Å². The Morgan fingerprint density at radius 1 is 1.08 bits per heavy atom. The number of carbonyl (C=O) groups is 1. The van der Waals surface area contributed by atoms with Crippen molar-refractivity contribution in [3.8, 4) is 0 Å². The smallest absolute Gasteiger partial charge is 0.289 e. The normalized spacial score (nSPS) is 20.4. The Balaban J connectivity index is 1.64. The van der Waals surface area contributed by atoms with Crippen LogP contribution in [0.3, 0.4) is 0 Å². The number of amides is 1. The van der Waals surface area contributed by atoms with Crippen LogP contribution in [-0.2, 0) is 0 Å². The van der Waals surface area contributed by atoms with E-state index in [0.717, 1.165) is 22.1 Å². The molecule has 4 rings (SSSR count). The number of fused-ring (bicyclic) bond motifs is 1. The first kappa shape index (κ1) is 15.9. The lowest BCUT2D eigenvalue weighted by molar-refractivity contribution is 0.0759. The third-order valence-electron chi connectivity index (χ3n) is 5.23. The largest absolute Gasteiger partial charge is 0.450 e. The molecule has 0 bridgehead atoms. The minimum absolute atomic E-state index is 0.0576. The van der Waals surface area contributed by atoms with Gasteiger partial charge < -0.3 is 15.1 Å². The van der Waals surface area contributed by atoms with Gasteiger partial charge in [0.25, 0.3) is 5.91 Å². The number of hydrogen-bond donors (Lipinski definition) is 1. The van der Waals surface area contributed by atoms with E-state index in [2.05, 4.69) is 12.1 Å². The Morgan fingerprint density at radius 2 is 1.84 bits per heavy atom. The minimum atomic E-state index is -0.0676. The molecule has 4 nitrogen and oxygen atoms in total. The van der Waals surface area contributed by atoms with Gasteiger partial charge in [-0.05, 0) is 25.0 Å². The van der Waals surface area contributed by atoms with Crippen molar-refractivity contribution >= 4 is 16.9 Å². The summed E-state index contributed by atoms with van der Waals surface area (Å²) in [6.07, 6.45) is 0. The van der Waals surface area contributed by atoms with Gasteiger partial charge in [0.15, 0.2) is 5.76 Å². The van der Waals surface area contributed by atoms with Crippen LogP contribution < -0.4 is 5.73 Å². The fraction of sp³-hybridized carbons (Fsp3) is 0.286. The topological polar surface area (TPSA) is 59.5 Å². The Bertz CT molecular complexity index is 930. The maximum absolute atomic E-state index is 13.0. The molecule has 4 heteroatoms. The van der Waals surface area contributed by atoms with Gasteiger partial charge in [-0.3, -0.25) is 4.79 Å². The van der Waals surface area contributed by atoms with E-state index in [-0.39, 0.29) is 17.9 Å². The van der Waals surface area contributed by atoms with Crippen molar-refractivity contribution in [1.82, 2.24) is 4.90 Å². The first-order chi connectivity index (χ1) is 12.1. The van der Waals surface area contributed by atoms with Crippen LogP contribution >= 0.6 is 0 Å². The Hall–Kier alpha value is -2.59. The summed E-state index contributed by atoms with van der Waals surface area (Å²) in [5, 5.41) is 1.01. The van der Waals surface area contributed by atoms with Crippen molar-refractivity contribution in [3.63, 3.8) is 0 Å². The number of furan rings is 1. The van der Waals surface area contributed by atoms with Crippen LogP contribution in [0.15, 0.2) is 52.9 Å². The summed E-state index contributed by atoms with van der Waals surface area (Å²) >= 11 is 0. The van der Waals surface area contributed by atoms with Gasteiger partial charge in [0, 0.05) is 36.0 Å². The van der Waals surface area contributed by atoms with E-state index >= 15 is 0 Å². The van der Waals surface area contributed by atoms with Crippen LogP contribution in [0.1, 0.15) is 33.2 Å². The van der Waals surface area contributed by atoms with Gasteiger partial charge in [0.05, 0.1) is 0 Å². The van der Waals surface area contributed by atoms with Gasteiger partial charge in [0.1, 0.15) is 5.58 Å². The lowest BCUT2D eigenvalue weighted by Crippen LogP contribution is -2.32. The zero-order chi connectivity index (χ0) is 17.6. The molecule has 0 saturated carbocycles. The molecule has 128 valence electrons. The average Bonchev–Trinajstić information content (AvgIpc) is 3.17. The molecule has 25 heavy (non-hydrogen) atoms. The van der Waals surface area contributed by atoms with Crippen LogP contribution in [0.5, 0.6) is 0 Å². The van der Waals surface area contributed by atoms with E-state index < -0.39 is 0 Å². The average molecular weight is 334 g/mol. The number of likely N-dealkylation sites (tertiary alicyclic amines) is 1. The molecule has 1 amide bonds. The highest BCUT2D eigenvalue weighted by Gasteiger charge is 2.36. The fourth-order valence-electron chi connectivity index (χ4n) is 3.78. The van der Waals surface area contributed by atoms with Gasteiger partial charge in [-0.15, -0.1) is 0 Å². The molecule has 0 spiro atoms. The number of rotatable bonds is 2. The predicted molar refractivity (Wildman–Crippen MR) is 98.7 cm³/mol. The second-order valence-corrected chi connectivity index (χ2v) is 6.90. The zero-order valence-electron chi connectivity index (χ0n) is 14.5. The fourth-order valence-corrected chi connectivity index (χ4v) is 3.78. The van der Waals surface area contributed by atoms with Gasteiger partial charge in [0.2, 0.25) is 0 Å². The Morgan fingerprint density at radius 3 is 2.56 bits per heavy atom. The van der Waals surface area contributed by atoms with E-state index in [1.54, 1.807) is 0 Å². The molecule has 2 heterocycles. The van der Waals surface area contributed by atoms with Gasteiger partial charge >= 0.3 is 0 Å². The van der Waals surface area contributed by atoms with Crippen LogP contribution in [0, 0.1) is 13.8 Å². The molecule has 0 radical (unpaired) electrons. The van der Waals surface area contributed by atoms with Crippen LogP contribution in [0.4, 0.5) is 0 Å². The Labute approximate surface area is 147 Å². The third-order valence-corrected chi connectivity index (χ3v) is 5.23. The molecule has 1 aromatic heterocycles. The highest BCUT2D eigenvalue weighted by atomic mass is 16.3. The summed E-state index contributed by atoms with van der Waals surface area (Å²) in [5.41, 5.74) is 10.3. The van der Waals surface area contributed by atoms with Gasteiger partial charge in [-0.1, -0.05) is 48.5 Å². The third kappa shape index (κ3) is 2.63. The lowest BCUT2D eigenvalue weighted by atomic mass is 9.95. The number of para-hydroxylation sites is 1. The van der Waals surface area contributed by atoms with Gasteiger partial charge in [-0.2, -0.15) is 0 Å². The molecule has 0 unspecified atom stereocenters. The molecule has 2 N–H and O–H groups in total. The van der Waals surface area contributed by atoms with E-state index in [1.165, 1.54) is 5.56 Å². The molecular weight excluding hydrogens is 312 g/mol. The van der Waals surface area contributed by atoms with Crippen molar-refractivity contribution < 1.29 is 9.21 Å². The maximum Gasteiger partial charge on any atom is 0.289 e. The zero-order valence-corrected chi connectivity index (χ0v) is 14.5. The van der Waals surface area contributed by atoms with Crippen LogP contribution in [-0.4, -0.2) is 29.9 Å². The summed E-state index contributed by atoms with van der Waals surface area (Å²) in [4.78, 5) is 14.9. The molecule has 2 atom stereocenters. The van der Waals surface area contributed by atoms with E-state index in [1.807, 2.05) is 55.1 Å². The molecule has 1 aliphatic heterocycles.